The van der Waals surface area contributed by atoms with E-state index in [1.165, 1.54) is 0 Å². The van der Waals surface area contributed by atoms with Crippen molar-refractivity contribution in [2.45, 2.75) is 37.6 Å². The van der Waals surface area contributed by atoms with Crippen molar-refractivity contribution in [3.8, 4) is 5.88 Å². The van der Waals surface area contributed by atoms with Gasteiger partial charge in [-0.15, -0.1) is 22.8 Å². The number of aromatic nitrogens is 5. The summed E-state index contributed by atoms with van der Waals surface area (Å²) in [6.45, 7) is 5.00. The maximum Gasteiger partial charge on any atom is 0.218 e. The van der Waals surface area contributed by atoms with E-state index in [9.17, 15) is 0 Å². The Morgan fingerprint density at radius 1 is 1.26 bits per heavy atom. The minimum Gasteiger partial charge on any atom is -0.477 e. The number of pyridine rings is 1. The fourth-order valence-electron chi connectivity index (χ4n) is 2.88. The number of hydrogen-bond donors (Lipinski definition) is 2. The van der Waals surface area contributed by atoms with Gasteiger partial charge in [0.2, 0.25) is 5.88 Å². The summed E-state index contributed by atoms with van der Waals surface area (Å²) in [5, 5.41) is 13.3. The zero-order valence-corrected chi connectivity index (χ0v) is 16.8. The topological polar surface area (TPSA) is 85.7 Å². The number of hydrogen-bond acceptors (Lipinski definition) is 9. The molecule has 3 aromatic heterocycles. The second kappa shape index (κ2) is 7.77. The van der Waals surface area contributed by atoms with Gasteiger partial charge in [-0.3, -0.25) is 4.98 Å². The van der Waals surface area contributed by atoms with E-state index >= 15 is 0 Å². The first-order chi connectivity index (χ1) is 13.1. The second-order valence-corrected chi connectivity index (χ2v) is 8.34. The lowest BCUT2D eigenvalue weighted by Crippen LogP contribution is -2.07. The molecule has 9 heteroatoms. The average molecular weight is 401 g/mol. The molecule has 140 valence electrons. The molecule has 2 atom stereocenters. The molecule has 1 aliphatic carbocycles. The van der Waals surface area contributed by atoms with E-state index < -0.39 is 0 Å². The number of nitrogens with zero attached hydrogens (tertiary/aromatic N) is 5. The van der Waals surface area contributed by atoms with Crippen molar-refractivity contribution in [2.24, 2.45) is 5.92 Å². The Balaban J connectivity index is 1.32. The number of nitrogens with one attached hydrogen (secondary N) is 1. The van der Waals surface area contributed by atoms with E-state index in [-0.39, 0.29) is 0 Å². The van der Waals surface area contributed by atoms with Gasteiger partial charge in [0.1, 0.15) is 21.7 Å². The van der Waals surface area contributed by atoms with Gasteiger partial charge in [0.05, 0.1) is 13.2 Å². The van der Waals surface area contributed by atoms with Crippen LogP contribution in [0.15, 0.2) is 29.3 Å². The lowest BCUT2D eigenvalue weighted by molar-refractivity contribution is 0.284. The summed E-state index contributed by atoms with van der Waals surface area (Å²) >= 11 is 5.85. The highest BCUT2D eigenvalue weighted by molar-refractivity contribution is 7.80. The Hall–Kier alpha value is -2.26. The Kier molecular flexibility index (Phi) is 5.22. The minimum absolute atomic E-state index is 0.458. The van der Waals surface area contributed by atoms with Crippen LogP contribution in [0.4, 0.5) is 5.82 Å². The van der Waals surface area contributed by atoms with Crippen LogP contribution < -0.4 is 10.1 Å². The molecule has 27 heavy (non-hydrogen) atoms. The van der Waals surface area contributed by atoms with Crippen molar-refractivity contribution in [3.63, 3.8) is 0 Å². The molecule has 0 amide bonds. The molecule has 1 fully saturated rings. The van der Waals surface area contributed by atoms with Crippen LogP contribution >= 0.6 is 24.0 Å². The van der Waals surface area contributed by atoms with E-state index in [0.29, 0.717) is 36.7 Å². The van der Waals surface area contributed by atoms with Crippen LogP contribution in [0, 0.1) is 19.8 Å². The Morgan fingerprint density at radius 3 is 2.89 bits per heavy atom. The summed E-state index contributed by atoms with van der Waals surface area (Å²) in [5.74, 6) is 2.91. The fraction of sp³-hybridized carbons (Fsp3) is 0.389. The standard InChI is InChI=1S/C18H20N6OS2/c1-10-21-16(20-8-18-24-23-11(2)27-18)6-17(22-10)25-9-12-5-14(12)15-4-3-13(26)7-19-15/h3-4,6-7,12,14,26H,5,8-9H2,1-2H3,(H,20,21,22)/t12-,14+/m1/s1. The van der Waals surface area contributed by atoms with E-state index in [2.05, 4.69) is 43.1 Å². The first kappa shape index (κ1) is 18.1. The maximum absolute atomic E-state index is 5.92. The SMILES string of the molecule is Cc1nc(NCc2nnc(C)s2)cc(OC[C@H]2C[C@@H]2c2ccc(S)cn2)n1. The predicted molar refractivity (Wildman–Crippen MR) is 107 cm³/mol. The lowest BCUT2D eigenvalue weighted by Gasteiger charge is -2.09. The third kappa shape index (κ3) is 4.72. The molecular weight excluding hydrogens is 380 g/mol. The third-order valence-corrected chi connectivity index (χ3v) is 5.42. The van der Waals surface area contributed by atoms with Crippen molar-refractivity contribution in [1.82, 2.24) is 25.1 Å². The van der Waals surface area contributed by atoms with Gasteiger partial charge in [-0.1, -0.05) is 11.3 Å². The van der Waals surface area contributed by atoms with E-state index in [1.54, 1.807) is 17.5 Å². The first-order valence-corrected chi connectivity index (χ1v) is 9.99. The molecule has 7 nitrogen and oxygen atoms in total. The van der Waals surface area contributed by atoms with Crippen LogP contribution in [-0.4, -0.2) is 31.8 Å². The molecule has 0 saturated heterocycles. The van der Waals surface area contributed by atoms with E-state index in [4.69, 9.17) is 4.74 Å². The van der Waals surface area contributed by atoms with Crippen LogP contribution in [0.25, 0.3) is 0 Å². The molecule has 3 heterocycles. The highest BCUT2D eigenvalue weighted by Crippen LogP contribution is 2.46. The normalized spacial score (nSPS) is 18.3. The average Bonchev–Trinajstić information content (AvgIpc) is 3.30. The highest BCUT2D eigenvalue weighted by atomic mass is 32.1. The molecule has 1 aliphatic rings. The Labute approximate surface area is 167 Å². The van der Waals surface area contributed by atoms with Crippen LogP contribution in [0.2, 0.25) is 0 Å². The smallest absolute Gasteiger partial charge is 0.218 e. The quantitative estimate of drug-likeness (QED) is 0.588. The van der Waals surface area contributed by atoms with Gasteiger partial charge in [-0.05, 0) is 32.4 Å². The molecule has 3 aromatic rings. The summed E-state index contributed by atoms with van der Waals surface area (Å²) in [5.41, 5.74) is 1.11. The molecule has 1 saturated carbocycles. The lowest BCUT2D eigenvalue weighted by atomic mass is 10.2. The van der Waals surface area contributed by atoms with Crippen molar-refractivity contribution in [3.05, 3.63) is 45.9 Å². The zero-order valence-electron chi connectivity index (χ0n) is 15.1. The van der Waals surface area contributed by atoms with Crippen molar-refractivity contribution < 1.29 is 4.74 Å². The van der Waals surface area contributed by atoms with Gasteiger partial charge in [0, 0.05) is 34.7 Å². The Bertz CT molecular complexity index is 930. The number of rotatable bonds is 7. The molecule has 0 aliphatic heterocycles. The number of anilines is 1. The minimum atomic E-state index is 0.458. The molecule has 0 unspecified atom stereocenters. The Morgan fingerprint density at radius 2 is 2.15 bits per heavy atom. The number of ether oxygens (including phenoxy) is 1. The molecular formula is C18H20N6OS2. The van der Waals surface area contributed by atoms with Crippen LogP contribution in [0.5, 0.6) is 5.88 Å². The van der Waals surface area contributed by atoms with Crippen molar-refractivity contribution in [1.29, 1.82) is 0 Å². The molecule has 4 rings (SSSR count). The van der Waals surface area contributed by atoms with Crippen molar-refractivity contribution in [2.75, 3.05) is 11.9 Å². The van der Waals surface area contributed by atoms with Crippen LogP contribution in [0.1, 0.15) is 33.9 Å². The predicted octanol–water partition coefficient (Wildman–Crippen LogP) is 3.42. The maximum atomic E-state index is 5.92. The summed E-state index contributed by atoms with van der Waals surface area (Å²) in [6.07, 6.45) is 2.88. The van der Waals surface area contributed by atoms with E-state index in [0.717, 1.165) is 32.8 Å². The van der Waals surface area contributed by atoms with Crippen LogP contribution in [0.3, 0.4) is 0 Å². The zero-order chi connectivity index (χ0) is 18.8. The largest absolute Gasteiger partial charge is 0.477 e. The van der Waals surface area contributed by atoms with Gasteiger partial charge < -0.3 is 10.1 Å². The fourth-order valence-corrected chi connectivity index (χ4v) is 3.66. The monoisotopic (exact) mass is 400 g/mol. The summed E-state index contributed by atoms with van der Waals surface area (Å²) < 4.78 is 5.92. The number of aryl methyl sites for hydroxylation is 2. The first-order valence-electron chi connectivity index (χ1n) is 8.73. The highest BCUT2D eigenvalue weighted by Gasteiger charge is 2.40. The third-order valence-electron chi connectivity index (χ3n) is 4.32. The van der Waals surface area contributed by atoms with Gasteiger partial charge in [0.15, 0.2) is 0 Å². The van der Waals surface area contributed by atoms with Gasteiger partial charge >= 0.3 is 0 Å². The van der Waals surface area contributed by atoms with E-state index in [1.807, 2.05) is 32.0 Å². The summed E-state index contributed by atoms with van der Waals surface area (Å²) in [4.78, 5) is 14.1. The van der Waals surface area contributed by atoms with Gasteiger partial charge in [-0.25, -0.2) is 4.98 Å². The van der Waals surface area contributed by atoms with Gasteiger partial charge in [0.25, 0.3) is 0 Å². The number of thiol groups is 1. The summed E-state index contributed by atoms with van der Waals surface area (Å²) in [7, 11) is 0. The van der Waals surface area contributed by atoms with Crippen molar-refractivity contribution >= 4 is 29.8 Å². The molecule has 0 aromatic carbocycles. The molecule has 0 radical (unpaired) electrons. The van der Waals surface area contributed by atoms with Crippen LogP contribution in [-0.2, 0) is 6.54 Å². The summed E-state index contributed by atoms with van der Waals surface area (Å²) in [6, 6.07) is 5.85. The molecule has 1 N–H and O–H groups in total. The molecule has 0 bridgehead atoms. The second-order valence-electron chi connectivity index (χ2n) is 6.56. The molecule has 0 spiro atoms. The van der Waals surface area contributed by atoms with Gasteiger partial charge in [-0.2, -0.15) is 4.98 Å².